The van der Waals surface area contributed by atoms with Crippen LogP contribution in [-0.2, 0) is 0 Å². The zero-order valence-electron chi connectivity index (χ0n) is 7.15. The second-order valence-electron chi connectivity index (χ2n) is 2.56. The molecule has 0 aromatic rings. The molecule has 0 unspecified atom stereocenters. The Morgan fingerprint density at radius 3 is 2.30 bits per heavy atom. The largest absolute Gasteiger partial charge is 0.0991 e. The summed E-state index contributed by atoms with van der Waals surface area (Å²) in [5.41, 5.74) is 2.78. The van der Waals surface area contributed by atoms with Gasteiger partial charge in [-0.1, -0.05) is 36.0 Å². The van der Waals surface area contributed by atoms with Gasteiger partial charge in [-0.25, -0.2) is 0 Å². The highest BCUT2D eigenvalue weighted by molar-refractivity contribution is 5.15. The minimum absolute atomic E-state index is 1.07. The van der Waals surface area contributed by atoms with E-state index in [1.165, 1.54) is 11.1 Å². The van der Waals surface area contributed by atoms with Crippen LogP contribution in [0.1, 0.15) is 27.2 Å². The topological polar surface area (TPSA) is 0 Å². The third-order valence-corrected chi connectivity index (χ3v) is 1.45. The molecule has 0 N–H and O–H groups in total. The molecule has 0 aromatic carbocycles. The quantitative estimate of drug-likeness (QED) is 0.411. The molecule has 56 valence electrons. The fourth-order valence-electron chi connectivity index (χ4n) is 0.802. The molecule has 0 aromatic heterocycles. The Kier molecular flexibility index (Phi) is 4.65. The summed E-state index contributed by atoms with van der Waals surface area (Å²) < 4.78 is 0. The van der Waals surface area contributed by atoms with Crippen molar-refractivity contribution in [3.8, 4) is 0 Å². The zero-order valence-corrected chi connectivity index (χ0v) is 7.15. The normalized spacial score (nSPS) is 13.5. The highest BCUT2D eigenvalue weighted by Crippen LogP contribution is 2.08. The average molecular weight is 136 g/mol. The van der Waals surface area contributed by atoms with Gasteiger partial charge in [0.15, 0.2) is 0 Å². The Bertz CT molecular complexity index is 159. The predicted octanol–water partition coefficient (Wildman–Crippen LogP) is 3.48. The van der Waals surface area contributed by atoms with Crippen LogP contribution in [0.5, 0.6) is 0 Å². The molecule has 0 nitrogen and oxygen atoms in total. The van der Waals surface area contributed by atoms with Gasteiger partial charge in [0.2, 0.25) is 0 Å². The Morgan fingerprint density at radius 1 is 1.30 bits per heavy atom. The van der Waals surface area contributed by atoms with Gasteiger partial charge < -0.3 is 0 Å². The first-order valence-corrected chi connectivity index (χ1v) is 3.60. The second kappa shape index (κ2) is 5.04. The van der Waals surface area contributed by atoms with Gasteiger partial charge >= 0.3 is 0 Å². The van der Waals surface area contributed by atoms with Crippen LogP contribution in [0.4, 0.5) is 0 Å². The van der Waals surface area contributed by atoms with Crippen LogP contribution in [0.2, 0.25) is 0 Å². The molecule has 0 bridgehead atoms. The molecule has 0 aliphatic heterocycles. The molecule has 0 aliphatic rings. The lowest BCUT2D eigenvalue weighted by Crippen LogP contribution is -1.77. The molecule has 10 heavy (non-hydrogen) atoms. The van der Waals surface area contributed by atoms with Crippen molar-refractivity contribution in [1.29, 1.82) is 0 Å². The summed E-state index contributed by atoms with van der Waals surface area (Å²) >= 11 is 0. The van der Waals surface area contributed by atoms with Crippen molar-refractivity contribution in [2.24, 2.45) is 0 Å². The molecule has 0 aliphatic carbocycles. The van der Waals surface area contributed by atoms with Crippen molar-refractivity contribution in [2.45, 2.75) is 27.2 Å². The molecule has 0 saturated carbocycles. The lowest BCUT2D eigenvalue weighted by atomic mass is 10.1. The van der Waals surface area contributed by atoms with Gasteiger partial charge in [0, 0.05) is 0 Å². The van der Waals surface area contributed by atoms with Crippen molar-refractivity contribution in [3.63, 3.8) is 0 Å². The monoisotopic (exact) mass is 136 g/mol. The van der Waals surface area contributed by atoms with Crippen molar-refractivity contribution >= 4 is 0 Å². The number of hydrogen-bond acceptors (Lipinski definition) is 0. The molecule has 0 spiro atoms. The van der Waals surface area contributed by atoms with Gasteiger partial charge in [0.1, 0.15) is 0 Å². The SMILES string of the molecule is C=CC=C(C)CC(C)=CC. The highest BCUT2D eigenvalue weighted by atomic mass is 13.9. The van der Waals surface area contributed by atoms with E-state index in [4.69, 9.17) is 0 Å². The first-order chi connectivity index (χ1) is 4.70. The molecule has 0 heteroatoms. The smallest absolute Gasteiger partial charge is 0.0111 e. The van der Waals surface area contributed by atoms with Crippen LogP contribution in [-0.4, -0.2) is 0 Å². The molecule has 0 atom stereocenters. The van der Waals surface area contributed by atoms with E-state index >= 15 is 0 Å². The summed E-state index contributed by atoms with van der Waals surface area (Å²) in [7, 11) is 0. The number of hydrogen-bond donors (Lipinski definition) is 0. The summed E-state index contributed by atoms with van der Waals surface area (Å²) in [6, 6.07) is 0. The maximum atomic E-state index is 3.64. The molecular weight excluding hydrogens is 120 g/mol. The molecule has 0 radical (unpaired) electrons. The molecule has 0 saturated heterocycles. The lowest BCUT2D eigenvalue weighted by Gasteiger charge is -1.98. The molecule has 0 rings (SSSR count). The van der Waals surface area contributed by atoms with Crippen LogP contribution in [0.25, 0.3) is 0 Å². The van der Waals surface area contributed by atoms with Gasteiger partial charge in [0.25, 0.3) is 0 Å². The van der Waals surface area contributed by atoms with E-state index in [0.29, 0.717) is 0 Å². The van der Waals surface area contributed by atoms with Crippen molar-refractivity contribution in [3.05, 3.63) is 36.0 Å². The van der Waals surface area contributed by atoms with E-state index < -0.39 is 0 Å². The van der Waals surface area contributed by atoms with E-state index in [2.05, 4.69) is 33.4 Å². The zero-order chi connectivity index (χ0) is 7.98. The predicted molar refractivity (Wildman–Crippen MR) is 48.0 cm³/mol. The van der Waals surface area contributed by atoms with E-state index in [0.717, 1.165) is 6.42 Å². The average Bonchev–Trinajstić information content (AvgIpc) is 1.88. The van der Waals surface area contributed by atoms with Crippen LogP contribution in [0.3, 0.4) is 0 Å². The Balaban J connectivity index is 3.90. The van der Waals surface area contributed by atoms with Crippen molar-refractivity contribution in [2.75, 3.05) is 0 Å². The maximum Gasteiger partial charge on any atom is -0.0111 e. The van der Waals surface area contributed by atoms with E-state index in [9.17, 15) is 0 Å². The first-order valence-electron chi connectivity index (χ1n) is 3.60. The van der Waals surface area contributed by atoms with Crippen LogP contribution in [0, 0.1) is 0 Å². The number of allylic oxidation sites excluding steroid dienone is 5. The summed E-state index contributed by atoms with van der Waals surface area (Å²) in [5.74, 6) is 0. The van der Waals surface area contributed by atoms with E-state index in [-0.39, 0.29) is 0 Å². The van der Waals surface area contributed by atoms with E-state index in [1.807, 2.05) is 12.2 Å². The number of rotatable bonds is 3. The van der Waals surface area contributed by atoms with Gasteiger partial charge in [-0.2, -0.15) is 0 Å². The van der Waals surface area contributed by atoms with Crippen LogP contribution >= 0.6 is 0 Å². The lowest BCUT2D eigenvalue weighted by molar-refractivity contribution is 1.10. The first kappa shape index (κ1) is 9.22. The Morgan fingerprint density at radius 2 is 1.90 bits per heavy atom. The minimum atomic E-state index is 1.07. The van der Waals surface area contributed by atoms with Gasteiger partial charge in [-0.3, -0.25) is 0 Å². The molecule has 0 fully saturated rings. The molecule has 0 amide bonds. The second-order valence-corrected chi connectivity index (χ2v) is 2.56. The molecular formula is C10H16. The fourth-order valence-corrected chi connectivity index (χ4v) is 0.802. The fraction of sp³-hybridized carbons (Fsp3) is 0.400. The van der Waals surface area contributed by atoms with Crippen LogP contribution in [0.15, 0.2) is 36.0 Å². The summed E-state index contributed by atoms with van der Waals surface area (Å²) in [4.78, 5) is 0. The van der Waals surface area contributed by atoms with Crippen molar-refractivity contribution < 1.29 is 0 Å². The third-order valence-electron chi connectivity index (χ3n) is 1.45. The third kappa shape index (κ3) is 4.13. The maximum absolute atomic E-state index is 3.64. The van der Waals surface area contributed by atoms with Gasteiger partial charge in [-0.15, -0.1) is 0 Å². The Hall–Kier alpha value is -0.780. The summed E-state index contributed by atoms with van der Waals surface area (Å²) in [5, 5.41) is 0. The van der Waals surface area contributed by atoms with Crippen molar-refractivity contribution in [1.82, 2.24) is 0 Å². The summed E-state index contributed by atoms with van der Waals surface area (Å²) in [6.07, 6.45) is 7.09. The highest BCUT2D eigenvalue weighted by Gasteiger charge is 1.88. The minimum Gasteiger partial charge on any atom is -0.0991 e. The van der Waals surface area contributed by atoms with Gasteiger partial charge in [0.05, 0.1) is 0 Å². The molecule has 0 heterocycles. The summed E-state index contributed by atoms with van der Waals surface area (Å²) in [6.45, 7) is 9.96. The standard InChI is InChI=1S/C10H16/c1-5-7-10(4)8-9(3)6-2/h5-7H,1,8H2,2-4H3. The van der Waals surface area contributed by atoms with Gasteiger partial charge in [-0.05, 0) is 27.2 Å². The van der Waals surface area contributed by atoms with E-state index in [1.54, 1.807) is 0 Å². The Labute approximate surface area is 64.0 Å². The van der Waals surface area contributed by atoms with Crippen LogP contribution < -0.4 is 0 Å².